The first-order chi connectivity index (χ1) is 7.58. The van der Waals surface area contributed by atoms with Gasteiger partial charge in [0.2, 0.25) is 0 Å². The van der Waals surface area contributed by atoms with Gasteiger partial charge in [-0.2, -0.15) is 0 Å². The molecule has 0 bridgehead atoms. The minimum atomic E-state index is -0.933. The number of carboxylic acids is 1. The number of aromatic carboxylic acids is 1. The summed E-state index contributed by atoms with van der Waals surface area (Å²) in [6.45, 7) is 2.06. The summed E-state index contributed by atoms with van der Waals surface area (Å²) >= 11 is 6.12. The van der Waals surface area contributed by atoms with Gasteiger partial charge in [0.05, 0.1) is 5.56 Å². The van der Waals surface area contributed by atoms with E-state index in [1.807, 2.05) is 6.07 Å². The smallest absolute Gasteiger partial charge is 0.335 e. The molecule has 1 aliphatic rings. The summed E-state index contributed by atoms with van der Waals surface area (Å²) in [6.07, 6.45) is 1.09. The number of carboxylic acid groups (broad SMARTS) is 1. The van der Waals surface area contributed by atoms with Gasteiger partial charge in [0, 0.05) is 11.6 Å². The summed E-state index contributed by atoms with van der Waals surface area (Å²) in [5.74, 6) is -0.502. The lowest BCUT2D eigenvalue weighted by Gasteiger charge is -2.13. The van der Waals surface area contributed by atoms with E-state index in [4.69, 9.17) is 16.7 Å². The molecule has 1 N–H and O–H groups in total. The van der Waals surface area contributed by atoms with Gasteiger partial charge < -0.3 is 10.0 Å². The Hall–Kier alpha value is -1.06. The predicted octanol–water partition coefficient (Wildman–Crippen LogP) is 2.46. The van der Waals surface area contributed by atoms with Crippen molar-refractivity contribution in [3.05, 3.63) is 34.3 Å². The second-order valence-electron chi connectivity index (χ2n) is 4.29. The van der Waals surface area contributed by atoms with Crippen LogP contribution in [-0.4, -0.2) is 36.1 Å². The van der Waals surface area contributed by atoms with E-state index in [-0.39, 0.29) is 5.56 Å². The van der Waals surface area contributed by atoms with Crippen molar-refractivity contribution in [2.24, 2.45) is 0 Å². The first-order valence-electron chi connectivity index (χ1n) is 5.29. The number of hydrogen-bond acceptors (Lipinski definition) is 2. The Kier molecular flexibility index (Phi) is 3.17. The van der Waals surface area contributed by atoms with Gasteiger partial charge in [-0.1, -0.05) is 17.7 Å². The zero-order chi connectivity index (χ0) is 11.7. The van der Waals surface area contributed by atoms with Gasteiger partial charge in [-0.05, 0) is 43.6 Å². The van der Waals surface area contributed by atoms with Crippen LogP contribution in [0.15, 0.2) is 18.2 Å². The third kappa shape index (κ3) is 2.20. The maximum atomic E-state index is 10.8. The first-order valence-corrected chi connectivity index (χ1v) is 5.67. The predicted molar refractivity (Wildman–Crippen MR) is 63.3 cm³/mol. The molecule has 86 valence electrons. The van der Waals surface area contributed by atoms with Crippen molar-refractivity contribution in [1.29, 1.82) is 0 Å². The molecular formula is C12H14ClNO2. The summed E-state index contributed by atoms with van der Waals surface area (Å²) in [4.78, 5) is 13.0. The molecule has 16 heavy (non-hydrogen) atoms. The average molecular weight is 240 g/mol. The molecule has 1 aromatic carbocycles. The Bertz CT molecular complexity index is 419. The zero-order valence-corrected chi connectivity index (χ0v) is 9.87. The third-order valence-electron chi connectivity index (χ3n) is 3.08. The molecule has 4 heteroatoms. The summed E-state index contributed by atoms with van der Waals surface area (Å²) in [5, 5.41) is 9.41. The standard InChI is InChI=1S/C12H14ClNO2/c1-14-5-4-9(7-14)10-3-2-8(12(15)16)6-11(10)13/h2-3,6,9H,4-5,7H2,1H3,(H,15,16). The minimum Gasteiger partial charge on any atom is -0.478 e. The number of carbonyl (C=O) groups is 1. The fraction of sp³-hybridized carbons (Fsp3) is 0.417. The van der Waals surface area contributed by atoms with Crippen molar-refractivity contribution in [1.82, 2.24) is 4.90 Å². The van der Waals surface area contributed by atoms with Gasteiger partial charge in [0.1, 0.15) is 0 Å². The van der Waals surface area contributed by atoms with Crippen molar-refractivity contribution < 1.29 is 9.90 Å². The van der Waals surface area contributed by atoms with Crippen LogP contribution in [0.3, 0.4) is 0 Å². The second-order valence-corrected chi connectivity index (χ2v) is 4.70. The molecule has 3 nitrogen and oxygen atoms in total. The molecule has 1 fully saturated rings. The highest BCUT2D eigenvalue weighted by Crippen LogP contribution is 2.32. The van der Waals surface area contributed by atoms with Gasteiger partial charge in [0.15, 0.2) is 0 Å². The van der Waals surface area contributed by atoms with Gasteiger partial charge in [-0.25, -0.2) is 4.79 Å². The molecule has 1 saturated heterocycles. The summed E-state index contributed by atoms with van der Waals surface area (Å²) < 4.78 is 0. The number of likely N-dealkylation sites (tertiary alicyclic amines) is 1. The molecule has 0 radical (unpaired) electrons. The van der Waals surface area contributed by atoms with Crippen LogP contribution in [0.2, 0.25) is 5.02 Å². The van der Waals surface area contributed by atoms with Gasteiger partial charge in [0.25, 0.3) is 0 Å². The van der Waals surface area contributed by atoms with E-state index in [0.717, 1.165) is 25.1 Å². The molecule has 0 spiro atoms. The van der Waals surface area contributed by atoms with Crippen LogP contribution in [0.4, 0.5) is 0 Å². The lowest BCUT2D eigenvalue weighted by Crippen LogP contribution is -2.13. The van der Waals surface area contributed by atoms with Crippen LogP contribution in [-0.2, 0) is 0 Å². The first kappa shape index (κ1) is 11.4. The van der Waals surface area contributed by atoms with Crippen LogP contribution in [0, 0.1) is 0 Å². The van der Waals surface area contributed by atoms with Crippen LogP contribution >= 0.6 is 11.6 Å². The second kappa shape index (κ2) is 4.44. The van der Waals surface area contributed by atoms with Crippen molar-refractivity contribution in [3.63, 3.8) is 0 Å². The van der Waals surface area contributed by atoms with E-state index in [0.29, 0.717) is 10.9 Å². The number of rotatable bonds is 2. The van der Waals surface area contributed by atoms with Gasteiger partial charge >= 0.3 is 5.97 Å². The maximum Gasteiger partial charge on any atom is 0.335 e. The average Bonchev–Trinajstić information content (AvgIpc) is 2.64. The van der Waals surface area contributed by atoms with Crippen molar-refractivity contribution in [2.45, 2.75) is 12.3 Å². The Balaban J connectivity index is 2.26. The summed E-state index contributed by atoms with van der Waals surface area (Å²) in [6, 6.07) is 5.01. The van der Waals surface area contributed by atoms with Crippen LogP contribution in [0.5, 0.6) is 0 Å². The van der Waals surface area contributed by atoms with E-state index in [2.05, 4.69) is 11.9 Å². The molecule has 0 saturated carbocycles. The molecule has 2 rings (SSSR count). The number of hydrogen-bond donors (Lipinski definition) is 1. The molecule has 1 unspecified atom stereocenters. The highest BCUT2D eigenvalue weighted by atomic mass is 35.5. The third-order valence-corrected chi connectivity index (χ3v) is 3.41. The fourth-order valence-electron chi connectivity index (χ4n) is 2.18. The highest BCUT2D eigenvalue weighted by Gasteiger charge is 2.23. The van der Waals surface area contributed by atoms with E-state index in [9.17, 15) is 4.79 Å². The zero-order valence-electron chi connectivity index (χ0n) is 9.11. The summed E-state index contributed by atoms with van der Waals surface area (Å²) in [5.41, 5.74) is 1.32. The number of likely N-dealkylation sites (N-methyl/N-ethyl adjacent to an activating group) is 1. The molecule has 0 amide bonds. The number of benzene rings is 1. The van der Waals surface area contributed by atoms with Crippen LogP contribution < -0.4 is 0 Å². The molecule has 1 heterocycles. The SMILES string of the molecule is CN1CCC(c2ccc(C(=O)O)cc2Cl)C1. The molecule has 0 aliphatic carbocycles. The normalized spacial score (nSPS) is 21.2. The van der Waals surface area contributed by atoms with E-state index >= 15 is 0 Å². The molecule has 1 aliphatic heterocycles. The van der Waals surface area contributed by atoms with Gasteiger partial charge in [-0.3, -0.25) is 0 Å². The summed E-state index contributed by atoms with van der Waals surface area (Å²) in [7, 11) is 2.08. The van der Waals surface area contributed by atoms with E-state index in [1.165, 1.54) is 6.07 Å². The number of nitrogens with zero attached hydrogens (tertiary/aromatic N) is 1. The monoisotopic (exact) mass is 239 g/mol. The Morgan fingerprint density at radius 2 is 2.31 bits per heavy atom. The highest BCUT2D eigenvalue weighted by molar-refractivity contribution is 6.31. The Labute approximate surface area is 99.6 Å². The molecule has 1 aromatic rings. The van der Waals surface area contributed by atoms with Gasteiger partial charge in [-0.15, -0.1) is 0 Å². The topological polar surface area (TPSA) is 40.5 Å². The van der Waals surface area contributed by atoms with E-state index < -0.39 is 5.97 Å². The largest absolute Gasteiger partial charge is 0.478 e. The number of halogens is 1. The van der Waals surface area contributed by atoms with Crippen molar-refractivity contribution >= 4 is 17.6 Å². The lowest BCUT2D eigenvalue weighted by atomic mass is 9.97. The quantitative estimate of drug-likeness (QED) is 0.862. The fourth-order valence-corrected chi connectivity index (χ4v) is 2.51. The van der Waals surface area contributed by atoms with Crippen molar-refractivity contribution in [2.75, 3.05) is 20.1 Å². The Morgan fingerprint density at radius 3 is 2.81 bits per heavy atom. The van der Waals surface area contributed by atoms with E-state index in [1.54, 1.807) is 6.07 Å². The molecular weight excluding hydrogens is 226 g/mol. The minimum absolute atomic E-state index is 0.250. The Morgan fingerprint density at radius 1 is 1.56 bits per heavy atom. The lowest BCUT2D eigenvalue weighted by molar-refractivity contribution is 0.0697. The van der Waals surface area contributed by atoms with Crippen molar-refractivity contribution in [3.8, 4) is 0 Å². The van der Waals surface area contributed by atoms with Crippen LogP contribution in [0.1, 0.15) is 28.3 Å². The van der Waals surface area contributed by atoms with Crippen LogP contribution in [0.25, 0.3) is 0 Å². The molecule has 1 atom stereocenters. The maximum absolute atomic E-state index is 10.8. The molecule has 0 aromatic heterocycles.